The first kappa shape index (κ1) is 12.6. The molecule has 0 atom stereocenters. The molecule has 0 amide bonds. The lowest BCUT2D eigenvalue weighted by Gasteiger charge is -2.03. The zero-order valence-electron chi connectivity index (χ0n) is 10.5. The van der Waals surface area contributed by atoms with E-state index >= 15 is 0 Å². The summed E-state index contributed by atoms with van der Waals surface area (Å²) in [5.74, 6) is 0.335. The van der Waals surface area contributed by atoms with Gasteiger partial charge >= 0.3 is 0 Å². The number of aromatic amines is 1. The van der Waals surface area contributed by atoms with Crippen LogP contribution in [0.15, 0.2) is 41.6 Å². The van der Waals surface area contributed by atoms with Gasteiger partial charge in [0.2, 0.25) is 0 Å². The van der Waals surface area contributed by atoms with Crippen LogP contribution in [0, 0.1) is 0 Å². The predicted octanol–water partition coefficient (Wildman–Crippen LogP) is 1.89. The molecule has 0 aromatic carbocycles. The highest BCUT2D eigenvalue weighted by atomic mass is 35.5. The van der Waals surface area contributed by atoms with Gasteiger partial charge in [-0.05, 0) is 12.1 Å². The van der Waals surface area contributed by atoms with E-state index in [0.29, 0.717) is 22.2 Å². The number of pyridine rings is 1. The normalized spacial score (nSPS) is 10.7. The lowest BCUT2D eigenvalue weighted by Crippen LogP contribution is -2.09. The summed E-state index contributed by atoms with van der Waals surface area (Å²) in [5, 5.41) is 4.49. The van der Waals surface area contributed by atoms with Crippen molar-refractivity contribution < 1.29 is 0 Å². The van der Waals surface area contributed by atoms with Gasteiger partial charge in [-0.3, -0.25) is 14.5 Å². The highest BCUT2D eigenvalue weighted by Crippen LogP contribution is 2.23. The molecule has 0 radical (unpaired) electrons. The Bertz CT molecular complexity index is 823. The largest absolute Gasteiger partial charge is 0.305 e. The second-order valence-electron chi connectivity index (χ2n) is 4.22. The van der Waals surface area contributed by atoms with E-state index in [0.717, 1.165) is 5.56 Å². The van der Waals surface area contributed by atoms with Crippen LogP contribution in [0.25, 0.3) is 22.8 Å². The number of halogens is 1. The van der Waals surface area contributed by atoms with Gasteiger partial charge in [-0.15, -0.1) is 0 Å². The molecule has 0 fully saturated rings. The van der Waals surface area contributed by atoms with Crippen molar-refractivity contribution in [2.45, 2.75) is 0 Å². The van der Waals surface area contributed by atoms with Crippen molar-refractivity contribution >= 4 is 11.6 Å². The van der Waals surface area contributed by atoms with E-state index in [4.69, 9.17) is 11.6 Å². The van der Waals surface area contributed by atoms with E-state index in [2.05, 4.69) is 20.1 Å². The monoisotopic (exact) mass is 287 g/mol. The molecule has 7 heteroatoms. The number of rotatable bonds is 2. The minimum absolute atomic E-state index is 0.268. The van der Waals surface area contributed by atoms with Crippen molar-refractivity contribution in [2.75, 3.05) is 0 Å². The topological polar surface area (TPSA) is 76.5 Å². The lowest BCUT2D eigenvalue weighted by molar-refractivity contribution is 0.768. The molecule has 0 aliphatic rings. The summed E-state index contributed by atoms with van der Waals surface area (Å²) < 4.78 is 1.64. The molecule has 20 heavy (non-hydrogen) atoms. The maximum absolute atomic E-state index is 11.8. The summed E-state index contributed by atoms with van der Waals surface area (Å²) in [5.41, 5.74) is 1.46. The fourth-order valence-electron chi connectivity index (χ4n) is 1.83. The SMILES string of the molecule is Cn1cc(-c2cc(=O)[nH]c(-c3ncccc3Cl)n2)cn1. The minimum atomic E-state index is -0.268. The Balaban J connectivity index is 2.17. The highest BCUT2D eigenvalue weighted by Gasteiger charge is 2.11. The zero-order valence-corrected chi connectivity index (χ0v) is 11.3. The van der Waals surface area contributed by atoms with Gasteiger partial charge in [0, 0.05) is 31.1 Å². The summed E-state index contributed by atoms with van der Waals surface area (Å²) in [6, 6.07) is 4.83. The van der Waals surface area contributed by atoms with Crippen molar-refractivity contribution in [3.8, 4) is 22.8 Å². The van der Waals surface area contributed by atoms with Crippen LogP contribution in [0.5, 0.6) is 0 Å². The molecular weight excluding hydrogens is 278 g/mol. The fraction of sp³-hybridized carbons (Fsp3) is 0.0769. The summed E-state index contributed by atoms with van der Waals surface area (Å²) in [7, 11) is 1.80. The average Bonchev–Trinajstić information content (AvgIpc) is 2.85. The minimum Gasteiger partial charge on any atom is -0.305 e. The van der Waals surface area contributed by atoms with Gasteiger partial charge in [0.05, 0.1) is 16.9 Å². The summed E-state index contributed by atoms with van der Waals surface area (Å²) in [6.07, 6.45) is 5.02. The number of H-pyrrole nitrogens is 1. The second-order valence-corrected chi connectivity index (χ2v) is 4.62. The Morgan fingerprint density at radius 3 is 2.95 bits per heavy atom. The predicted molar refractivity (Wildman–Crippen MR) is 75.3 cm³/mol. The van der Waals surface area contributed by atoms with Crippen LogP contribution < -0.4 is 5.56 Å². The molecule has 3 aromatic heterocycles. The van der Waals surface area contributed by atoms with E-state index in [1.165, 1.54) is 6.07 Å². The van der Waals surface area contributed by atoms with Crippen molar-refractivity contribution in [1.29, 1.82) is 0 Å². The lowest BCUT2D eigenvalue weighted by atomic mass is 10.2. The zero-order chi connectivity index (χ0) is 14.1. The van der Waals surface area contributed by atoms with Crippen molar-refractivity contribution in [2.24, 2.45) is 7.05 Å². The quantitative estimate of drug-likeness (QED) is 0.781. The third-order valence-corrected chi connectivity index (χ3v) is 3.03. The molecule has 0 bridgehead atoms. The molecule has 3 rings (SSSR count). The Labute approximate surface area is 119 Å². The highest BCUT2D eigenvalue weighted by molar-refractivity contribution is 6.32. The van der Waals surface area contributed by atoms with E-state index in [9.17, 15) is 4.79 Å². The first-order chi connectivity index (χ1) is 9.63. The molecular formula is C13H10ClN5O. The molecule has 0 aliphatic carbocycles. The van der Waals surface area contributed by atoms with E-state index in [1.807, 2.05) is 0 Å². The number of aromatic nitrogens is 5. The molecule has 3 heterocycles. The van der Waals surface area contributed by atoms with Gasteiger partial charge in [-0.1, -0.05) is 11.6 Å². The number of hydrogen-bond donors (Lipinski definition) is 1. The Hall–Kier alpha value is -2.47. The van der Waals surface area contributed by atoms with Gasteiger partial charge in [0.1, 0.15) is 5.69 Å². The molecule has 0 saturated carbocycles. The van der Waals surface area contributed by atoms with Gasteiger partial charge in [-0.25, -0.2) is 4.98 Å². The van der Waals surface area contributed by atoms with Crippen LogP contribution in [0.2, 0.25) is 5.02 Å². The summed E-state index contributed by atoms with van der Waals surface area (Å²) in [6.45, 7) is 0. The third kappa shape index (κ3) is 2.33. The fourth-order valence-corrected chi connectivity index (χ4v) is 2.04. The third-order valence-electron chi connectivity index (χ3n) is 2.73. The maximum atomic E-state index is 11.8. The van der Waals surface area contributed by atoms with Gasteiger partial charge in [-0.2, -0.15) is 5.10 Å². The molecule has 6 nitrogen and oxygen atoms in total. The van der Waals surface area contributed by atoms with Crippen molar-refractivity contribution in [3.05, 3.63) is 52.2 Å². The first-order valence-corrected chi connectivity index (χ1v) is 6.22. The number of nitrogens with zero attached hydrogens (tertiary/aromatic N) is 4. The van der Waals surface area contributed by atoms with Gasteiger partial charge in [0.25, 0.3) is 5.56 Å². The van der Waals surface area contributed by atoms with E-state index in [-0.39, 0.29) is 5.56 Å². The van der Waals surface area contributed by atoms with Crippen molar-refractivity contribution in [1.82, 2.24) is 24.7 Å². The van der Waals surface area contributed by atoms with Crippen LogP contribution in [0.4, 0.5) is 0 Å². The molecule has 100 valence electrons. The molecule has 0 aliphatic heterocycles. The van der Waals surface area contributed by atoms with Gasteiger partial charge in [0.15, 0.2) is 5.82 Å². The van der Waals surface area contributed by atoms with E-state index < -0.39 is 0 Å². The second kappa shape index (κ2) is 4.90. The smallest absolute Gasteiger partial charge is 0.251 e. The van der Waals surface area contributed by atoms with Crippen molar-refractivity contribution in [3.63, 3.8) is 0 Å². The number of aryl methyl sites for hydroxylation is 1. The summed E-state index contributed by atoms with van der Waals surface area (Å²) >= 11 is 6.07. The molecule has 0 spiro atoms. The Morgan fingerprint density at radius 1 is 1.40 bits per heavy atom. The van der Waals surface area contributed by atoms with Crippen LogP contribution in [-0.2, 0) is 7.05 Å². The molecule has 1 N–H and O–H groups in total. The first-order valence-electron chi connectivity index (χ1n) is 5.85. The molecule has 3 aromatic rings. The van der Waals surface area contributed by atoms with E-state index in [1.54, 1.807) is 42.5 Å². The standard InChI is InChI=1S/C13H10ClN5O/c1-19-7-8(6-16-19)10-5-11(20)18-13(17-10)12-9(14)3-2-4-15-12/h2-7H,1H3,(H,17,18,20). The maximum Gasteiger partial charge on any atom is 0.251 e. The Morgan fingerprint density at radius 2 is 2.25 bits per heavy atom. The average molecular weight is 288 g/mol. The Kier molecular flexibility index (Phi) is 3.08. The van der Waals surface area contributed by atoms with Crippen LogP contribution >= 0.6 is 11.6 Å². The van der Waals surface area contributed by atoms with Gasteiger partial charge < -0.3 is 4.98 Å². The summed E-state index contributed by atoms with van der Waals surface area (Å²) in [4.78, 5) is 23.0. The number of hydrogen-bond acceptors (Lipinski definition) is 4. The molecule has 0 saturated heterocycles. The van der Waals surface area contributed by atoms with Crippen LogP contribution in [0.1, 0.15) is 0 Å². The van der Waals surface area contributed by atoms with Crippen LogP contribution in [0.3, 0.4) is 0 Å². The molecule has 0 unspecified atom stereocenters. The number of nitrogens with one attached hydrogen (secondary N) is 1. The van der Waals surface area contributed by atoms with Crippen LogP contribution in [-0.4, -0.2) is 24.7 Å².